The van der Waals surface area contributed by atoms with Crippen LogP contribution in [-0.4, -0.2) is 51.3 Å². The van der Waals surface area contributed by atoms with Crippen LogP contribution in [0.15, 0.2) is 83.8 Å². The molecule has 190 valence electrons. The fourth-order valence-corrected chi connectivity index (χ4v) is 5.17. The third kappa shape index (κ3) is 6.48. The summed E-state index contributed by atoms with van der Waals surface area (Å²) in [6.07, 6.45) is 0.481. The molecule has 0 bridgehead atoms. The summed E-state index contributed by atoms with van der Waals surface area (Å²) >= 11 is 0. The van der Waals surface area contributed by atoms with E-state index in [0.29, 0.717) is 6.42 Å². The van der Waals surface area contributed by atoms with Gasteiger partial charge in [0.15, 0.2) is 0 Å². The standard InChI is InChI=1S/C27H30FN3O4S/c1-20-9-15-25(16-10-20)36(34,35)31(24-13-11-23(28)12-14-24)19-26(32)30(21(2)27(33)29-3)18-17-22-7-5-4-6-8-22/h4-16,21H,17-19H2,1-3H3,(H,29,33)/t21-/m1/s1. The van der Waals surface area contributed by atoms with Gasteiger partial charge in [0.1, 0.15) is 18.4 Å². The first kappa shape index (κ1) is 26.9. The molecule has 1 atom stereocenters. The minimum Gasteiger partial charge on any atom is -0.357 e. The van der Waals surface area contributed by atoms with Gasteiger partial charge in [0.05, 0.1) is 10.6 Å². The predicted octanol–water partition coefficient (Wildman–Crippen LogP) is 3.54. The number of carbonyl (C=O) groups is 2. The van der Waals surface area contributed by atoms with Crippen LogP contribution in [0.1, 0.15) is 18.1 Å². The smallest absolute Gasteiger partial charge is 0.264 e. The zero-order valence-electron chi connectivity index (χ0n) is 20.5. The van der Waals surface area contributed by atoms with Crippen LogP contribution >= 0.6 is 0 Å². The van der Waals surface area contributed by atoms with Gasteiger partial charge in [-0.05, 0) is 62.2 Å². The Balaban J connectivity index is 1.96. The largest absolute Gasteiger partial charge is 0.357 e. The van der Waals surface area contributed by atoms with Crippen molar-refractivity contribution in [1.82, 2.24) is 10.2 Å². The zero-order chi connectivity index (χ0) is 26.3. The minimum absolute atomic E-state index is 0.000380. The first-order valence-corrected chi connectivity index (χ1v) is 13.0. The second-order valence-corrected chi connectivity index (χ2v) is 10.3. The molecule has 3 aromatic carbocycles. The molecular formula is C27H30FN3O4S. The van der Waals surface area contributed by atoms with Crippen LogP contribution in [0.25, 0.3) is 0 Å². The Kier molecular flexibility index (Phi) is 8.82. The Morgan fingerprint density at radius 1 is 0.944 bits per heavy atom. The second-order valence-electron chi connectivity index (χ2n) is 8.41. The lowest BCUT2D eigenvalue weighted by Crippen LogP contribution is -2.51. The summed E-state index contributed by atoms with van der Waals surface area (Å²) in [6.45, 7) is 3.08. The van der Waals surface area contributed by atoms with Crippen LogP contribution in [0.3, 0.4) is 0 Å². The Morgan fingerprint density at radius 2 is 1.56 bits per heavy atom. The van der Waals surface area contributed by atoms with E-state index in [-0.39, 0.29) is 23.0 Å². The van der Waals surface area contributed by atoms with Crippen molar-refractivity contribution in [3.05, 3.63) is 95.8 Å². The van der Waals surface area contributed by atoms with Crippen molar-refractivity contribution in [2.24, 2.45) is 0 Å². The predicted molar refractivity (Wildman–Crippen MR) is 137 cm³/mol. The zero-order valence-corrected chi connectivity index (χ0v) is 21.3. The number of hydrogen-bond acceptors (Lipinski definition) is 4. The molecule has 3 rings (SSSR count). The molecule has 0 aromatic heterocycles. The fraction of sp³-hybridized carbons (Fsp3) is 0.259. The Bertz CT molecular complexity index is 1280. The molecular weight excluding hydrogens is 481 g/mol. The first-order chi connectivity index (χ1) is 17.1. The Morgan fingerprint density at radius 3 is 2.14 bits per heavy atom. The van der Waals surface area contributed by atoms with Crippen molar-refractivity contribution in [2.75, 3.05) is 24.4 Å². The summed E-state index contributed by atoms with van der Waals surface area (Å²) < 4.78 is 41.8. The van der Waals surface area contributed by atoms with Crippen molar-refractivity contribution < 1.29 is 22.4 Å². The van der Waals surface area contributed by atoms with Gasteiger partial charge in [-0.25, -0.2) is 12.8 Å². The number of likely N-dealkylation sites (N-methyl/N-ethyl adjacent to an activating group) is 1. The van der Waals surface area contributed by atoms with Crippen LogP contribution in [0, 0.1) is 12.7 Å². The van der Waals surface area contributed by atoms with Crippen molar-refractivity contribution in [3.63, 3.8) is 0 Å². The van der Waals surface area contributed by atoms with Crippen molar-refractivity contribution in [3.8, 4) is 0 Å². The lowest BCUT2D eigenvalue weighted by Gasteiger charge is -2.31. The number of halogens is 1. The number of sulfonamides is 1. The van der Waals surface area contributed by atoms with Crippen LogP contribution in [-0.2, 0) is 26.0 Å². The Labute approximate surface area is 211 Å². The SMILES string of the molecule is CNC(=O)[C@@H](C)N(CCc1ccccc1)C(=O)CN(c1ccc(F)cc1)S(=O)(=O)c1ccc(C)cc1. The van der Waals surface area contributed by atoms with E-state index < -0.39 is 34.3 Å². The summed E-state index contributed by atoms with van der Waals surface area (Å²) in [4.78, 5) is 27.4. The molecule has 0 aliphatic carbocycles. The number of hydrogen-bond donors (Lipinski definition) is 1. The highest BCUT2D eigenvalue weighted by Gasteiger charge is 2.32. The van der Waals surface area contributed by atoms with E-state index in [1.54, 1.807) is 19.1 Å². The number of nitrogens with one attached hydrogen (secondary N) is 1. The van der Waals surface area contributed by atoms with Gasteiger partial charge in [-0.3, -0.25) is 13.9 Å². The lowest BCUT2D eigenvalue weighted by molar-refractivity contribution is -0.138. The van der Waals surface area contributed by atoms with Crippen molar-refractivity contribution in [2.45, 2.75) is 31.2 Å². The number of aryl methyl sites for hydroxylation is 1. The van der Waals surface area contributed by atoms with Gasteiger partial charge in [-0.2, -0.15) is 0 Å². The molecule has 0 heterocycles. The highest BCUT2D eigenvalue weighted by atomic mass is 32.2. The number of nitrogens with zero attached hydrogens (tertiary/aromatic N) is 2. The quantitative estimate of drug-likeness (QED) is 0.451. The van der Waals surface area contributed by atoms with Gasteiger partial charge in [0.2, 0.25) is 11.8 Å². The minimum atomic E-state index is -4.17. The molecule has 9 heteroatoms. The molecule has 0 fully saturated rings. The van der Waals surface area contributed by atoms with Gasteiger partial charge in [-0.15, -0.1) is 0 Å². The van der Waals surface area contributed by atoms with Crippen LogP contribution in [0.4, 0.5) is 10.1 Å². The maximum Gasteiger partial charge on any atom is 0.264 e. The number of rotatable bonds is 10. The normalized spacial score (nSPS) is 12.0. The summed E-state index contributed by atoms with van der Waals surface area (Å²) in [7, 11) is -2.69. The van der Waals surface area contributed by atoms with E-state index >= 15 is 0 Å². The van der Waals surface area contributed by atoms with Gasteiger partial charge in [0, 0.05) is 13.6 Å². The second kappa shape index (κ2) is 11.8. The van der Waals surface area contributed by atoms with Gasteiger partial charge in [0.25, 0.3) is 10.0 Å². The molecule has 7 nitrogen and oxygen atoms in total. The number of carbonyl (C=O) groups excluding carboxylic acids is 2. The molecule has 0 unspecified atom stereocenters. The maximum absolute atomic E-state index is 13.6. The molecule has 0 spiro atoms. The van der Waals surface area contributed by atoms with E-state index in [9.17, 15) is 22.4 Å². The summed E-state index contributed by atoms with van der Waals surface area (Å²) in [6, 6.07) is 19.8. The van der Waals surface area contributed by atoms with Crippen LogP contribution in [0.5, 0.6) is 0 Å². The average Bonchev–Trinajstić information content (AvgIpc) is 2.88. The maximum atomic E-state index is 13.6. The molecule has 0 aliphatic rings. The third-order valence-electron chi connectivity index (χ3n) is 5.90. The molecule has 0 radical (unpaired) electrons. The van der Waals surface area contributed by atoms with E-state index in [1.807, 2.05) is 37.3 Å². The van der Waals surface area contributed by atoms with Gasteiger partial charge in [-0.1, -0.05) is 48.0 Å². The molecule has 3 aromatic rings. The highest BCUT2D eigenvalue weighted by Crippen LogP contribution is 2.25. The summed E-state index contributed by atoms with van der Waals surface area (Å²) in [5.74, 6) is -1.45. The van der Waals surface area contributed by atoms with Crippen molar-refractivity contribution in [1.29, 1.82) is 0 Å². The van der Waals surface area contributed by atoms with Crippen LogP contribution in [0.2, 0.25) is 0 Å². The monoisotopic (exact) mass is 511 g/mol. The topological polar surface area (TPSA) is 86.8 Å². The first-order valence-electron chi connectivity index (χ1n) is 11.5. The molecule has 0 aliphatic heterocycles. The molecule has 0 saturated carbocycles. The van der Waals surface area contributed by atoms with Gasteiger partial charge < -0.3 is 10.2 Å². The van der Waals surface area contributed by atoms with E-state index in [2.05, 4.69) is 5.32 Å². The molecule has 1 N–H and O–H groups in total. The number of benzene rings is 3. The van der Waals surface area contributed by atoms with Crippen molar-refractivity contribution >= 4 is 27.5 Å². The Hall–Kier alpha value is -3.72. The lowest BCUT2D eigenvalue weighted by atomic mass is 10.1. The molecule has 0 saturated heterocycles. The summed E-state index contributed by atoms with van der Waals surface area (Å²) in [5.41, 5.74) is 1.99. The van der Waals surface area contributed by atoms with E-state index in [1.165, 1.54) is 36.2 Å². The highest BCUT2D eigenvalue weighted by molar-refractivity contribution is 7.92. The fourth-order valence-electron chi connectivity index (χ4n) is 3.75. The van der Waals surface area contributed by atoms with Crippen LogP contribution < -0.4 is 9.62 Å². The number of anilines is 1. The van der Waals surface area contributed by atoms with Gasteiger partial charge >= 0.3 is 0 Å². The van der Waals surface area contributed by atoms with E-state index in [0.717, 1.165) is 27.6 Å². The van der Waals surface area contributed by atoms with E-state index in [4.69, 9.17) is 0 Å². The molecule has 36 heavy (non-hydrogen) atoms. The third-order valence-corrected chi connectivity index (χ3v) is 7.69. The molecule has 2 amide bonds. The average molecular weight is 512 g/mol. The summed E-state index contributed by atoms with van der Waals surface area (Å²) in [5, 5.41) is 2.54. The number of amides is 2.